The molecule has 1 aromatic rings. The molecule has 0 radical (unpaired) electrons. The molecule has 3 fully saturated rings. The van der Waals surface area contributed by atoms with E-state index in [-0.39, 0.29) is 0 Å². The molecule has 3 aliphatic heterocycles. The van der Waals surface area contributed by atoms with E-state index in [1.165, 1.54) is 0 Å². The molecule has 0 N–H and O–H groups in total. The van der Waals surface area contributed by atoms with Gasteiger partial charge in [-0.05, 0) is 0 Å². The number of benzene rings is 1. The van der Waals surface area contributed by atoms with Gasteiger partial charge >= 0.3 is 110 Å². The maximum absolute atomic E-state index is 5.95. The van der Waals surface area contributed by atoms with E-state index in [0.29, 0.717) is 19.8 Å². The van der Waals surface area contributed by atoms with Crippen LogP contribution in [0.3, 0.4) is 0 Å². The monoisotopic (exact) mass is 313 g/mol. The Labute approximate surface area is 110 Å². The van der Waals surface area contributed by atoms with E-state index in [2.05, 4.69) is 4.90 Å². The summed E-state index contributed by atoms with van der Waals surface area (Å²) in [6.45, 7) is 4.64. The van der Waals surface area contributed by atoms with Crippen molar-refractivity contribution in [1.82, 2.24) is 4.90 Å². The molecule has 6 heteroatoms. The Hall–Kier alpha value is -0.597. The molecule has 98 valence electrons. The molecule has 4 rings (SSSR count). The van der Waals surface area contributed by atoms with Gasteiger partial charge in [0.1, 0.15) is 0 Å². The van der Waals surface area contributed by atoms with E-state index in [1.54, 1.807) is 0 Å². The molecule has 3 saturated heterocycles. The Morgan fingerprint density at radius 1 is 0.889 bits per heavy atom. The molecule has 0 unspecified atom stereocenters. The normalized spacial score (nSPS) is 32.3. The molecule has 0 amide bonds. The average Bonchev–Trinajstić information content (AvgIpc) is 2.32. The van der Waals surface area contributed by atoms with Crippen LogP contribution in [0.4, 0.5) is 0 Å². The third-order valence-electron chi connectivity index (χ3n) is 3.05. The van der Waals surface area contributed by atoms with Crippen molar-refractivity contribution in [3.8, 4) is 5.75 Å². The summed E-state index contributed by atoms with van der Waals surface area (Å²) in [5.41, 5.74) is 0. The van der Waals surface area contributed by atoms with Gasteiger partial charge in [-0.15, -0.1) is 0 Å². The number of nitrogens with zero attached hydrogens (tertiary/aromatic N) is 1. The van der Waals surface area contributed by atoms with Crippen LogP contribution in [0, 0.1) is 0 Å². The summed E-state index contributed by atoms with van der Waals surface area (Å²) in [5.74, 6) is 0.760. The summed E-state index contributed by atoms with van der Waals surface area (Å²) < 4.78 is 23.4. The van der Waals surface area contributed by atoms with E-state index in [1.807, 2.05) is 30.3 Å². The fraction of sp³-hybridized carbons (Fsp3) is 0.500. The zero-order valence-electron chi connectivity index (χ0n) is 10.2. The Morgan fingerprint density at radius 2 is 1.44 bits per heavy atom. The molecule has 3 heterocycles. The van der Waals surface area contributed by atoms with E-state index in [9.17, 15) is 0 Å². The molecule has 0 atom stereocenters. The molecule has 18 heavy (non-hydrogen) atoms. The standard InChI is InChI=1S/C12H17GeNO4/c1-2-4-12(5-3-1)18-13-15-9-6-14(7-10-16-13)8-11-17-13/h1-5H,6-11H2. The van der Waals surface area contributed by atoms with Crippen molar-refractivity contribution in [3.63, 3.8) is 0 Å². The van der Waals surface area contributed by atoms with Gasteiger partial charge in [-0.3, -0.25) is 0 Å². The van der Waals surface area contributed by atoms with Gasteiger partial charge in [0, 0.05) is 0 Å². The van der Waals surface area contributed by atoms with E-state index in [0.717, 1.165) is 25.4 Å². The van der Waals surface area contributed by atoms with Crippen molar-refractivity contribution in [2.24, 2.45) is 0 Å². The predicted molar refractivity (Wildman–Crippen MR) is 67.1 cm³/mol. The van der Waals surface area contributed by atoms with Crippen molar-refractivity contribution >= 4 is 14.6 Å². The zero-order valence-corrected chi connectivity index (χ0v) is 12.3. The van der Waals surface area contributed by atoms with Crippen LogP contribution < -0.4 is 3.76 Å². The Bertz CT molecular complexity index is 362. The topological polar surface area (TPSA) is 40.2 Å². The first-order chi connectivity index (χ1) is 8.86. The number of para-hydroxylation sites is 1. The van der Waals surface area contributed by atoms with Crippen LogP contribution >= 0.6 is 0 Å². The van der Waals surface area contributed by atoms with E-state index in [4.69, 9.17) is 15.1 Å². The third-order valence-corrected chi connectivity index (χ3v) is 7.57. The number of fused-ring (bicyclic) bond motifs is 6. The molecular weight excluding hydrogens is 295 g/mol. The summed E-state index contributed by atoms with van der Waals surface area (Å²) in [7, 11) is 0. The molecule has 3 aliphatic rings. The van der Waals surface area contributed by atoms with Gasteiger partial charge in [0.25, 0.3) is 0 Å². The summed E-state index contributed by atoms with van der Waals surface area (Å²) in [5, 5.41) is 0. The van der Waals surface area contributed by atoms with Crippen molar-refractivity contribution in [3.05, 3.63) is 30.3 Å². The molecule has 0 aliphatic carbocycles. The first-order valence-electron chi connectivity index (χ1n) is 6.25. The Balaban J connectivity index is 1.77. The quantitative estimate of drug-likeness (QED) is 0.758. The fourth-order valence-electron chi connectivity index (χ4n) is 2.08. The van der Waals surface area contributed by atoms with Crippen LogP contribution in [-0.2, 0) is 11.3 Å². The molecule has 0 saturated carbocycles. The van der Waals surface area contributed by atoms with Gasteiger partial charge < -0.3 is 0 Å². The van der Waals surface area contributed by atoms with Gasteiger partial charge in [0.05, 0.1) is 0 Å². The molecule has 1 aromatic carbocycles. The Morgan fingerprint density at radius 3 is 2.00 bits per heavy atom. The van der Waals surface area contributed by atoms with E-state index < -0.39 is 14.6 Å². The maximum atomic E-state index is 5.95. The second-order valence-corrected chi connectivity index (χ2v) is 8.65. The van der Waals surface area contributed by atoms with Gasteiger partial charge in [0.2, 0.25) is 0 Å². The van der Waals surface area contributed by atoms with Crippen LogP contribution in [0.5, 0.6) is 5.75 Å². The first-order valence-corrected chi connectivity index (χ1v) is 9.67. The third kappa shape index (κ3) is 2.86. The van der Waals surface area contributed by atoms with Crippen molar-refractivity contribution in [2.45, 2.75) is 0 Å². The number of rotatable bonds is 2. The second kappa shape index (κ2) is 5.58. The molecule has 2 bridgehead atoms. The van der Waals surface area contributed by atoms with Crippen molar-refractivity contribution in [2.75, 3.05) is 39.5 Å². The SMILES string of the molecule is c1ccc([O][Ge]23[O]CCN(CC[O]2)CC[O]3)cc1. The average molecular weight is 312 g/mol. The van der Waals surface area contributed by atoms with Gasteiger partial charge in [-0.25, -0.2) is 0 Å². The number of hydrogen-bond acceptors (Lipinski definition) is 5. The van der Waals surface area contributed by atoms with Gasteiger partial charge in [-0.2, -0.15) is 0 Å². The fourth-order valence-corrected chi connectivity index (χ4v) is 6.02. The molecule has 5 nitrogen and oxygen atoms in total. The molecule has 0 spiro atoms. The van der Waals surface area contributed by atoms with E-state index >= 15 is 0 Å². The zero-order chi connectivity index (χ0) is 12.3. The molecular formula is C12H17GeNO4. The Kier molecular flexibility index (Phi) is 3.86. The van der Waals surface area contributed by atoms with Crippen LogP contribution in [-0.4, -0.2) is 59.0 Å². The van der Waals surface area contributed by atoms with Gasteiger partial charge in [0.15, 0.2) is 0 Å². The van der Waals surface area contributed by atoms with Crippen LogP contribution in [0.25, 0.3) is 0 Å². The van der Waals surface area contributed by atoms with Crippen LogP contribution in [0.2, 0.25) is 0 Å². The van der Waals surface area contributed by atoms with Crippen LogP contribution in [0.15, 0.2) is 30.3 Å². The minimum absolute atomic E-state index is 0.618. The number of hydrogen-bond donors (Lipinski definition) is 0. The van der Waals surface area contributed by atoms with Gasteiger partial charge in [-0.1, -0.05) is 0 Å². The van der Waals surface area contributed by atoms with Crippen molar-refractivity contribution in [1.29, 1.82) is 0 Å². The van der Waals surface area contributed by atoms with Crippen LogP contribution in [0.1, 0.15) is 0 Å². The second-order valence-electron chi connectivity index (χ2n) is 4.30. The first kappa shape index (κ1) is 12.4. The molecule has 0 aromatic heterocycles. The predicted octanol–water partition coefficient (Wildman–Crippen LogP) is 0.880. The summed E-state index contributed by atoms with van der Waals surface area (Å²) in [6.07, 6.45) is 0. The summed E-state index contributed by atoms with van der Waals surface area (Å²) in [4.78, 5) is 2.29. The van der Waals surface area contributed by atoms with Crippen molar-refractivity contribution < 1.29 is 15.1 Å². The summed E-state index contributed by atoms with van der Waals surface area (Å²) >= 11 is -3.56. The minimum atomic E-state index is -3.56. The summed E-state index contributed by atoms with van der Waals surface area (Å²) in [6, 6.07) is 9.62.